The summed E-state index contributed by atoms with van der Waals surface area (Å²) >= 11 is 0. The third-order valence-electron chi connectivity index (χ3n) is 2.08. The van der Waals surface area contributed by atoms with E-state index in [1.54, 1.807) is 6.08 Å². The lowest BCUT2D eigenvalue weighted by atomic mass is 9.94. The monoisotopic (exact) mass is 219 g/mol. The van der Waals surface area contributed by atoms with E-state index in [9.17, 15) is 4.79 Å². The van der Waals surface area contributed by atoms with E-state index in [0.717, 1.165) is 5.56 Å². The van der Waals surface area contributed by atoms with E-state index in [2.05, 4.69) is 18.8 Å². The Labute approximate surface area is 98.4 Å². The third kappa shape index (κ3) is 4.90. The van der Waals surface area contributed by atoms with E-state index < -0.39 is 5.54 Å². The predicted molar refractivity (Wildman–Crippen MR) is 68.3 cm³/mol. The first-order chi connectivity index (χ1) is 7.47. The van der Waals surface area contributed by atoms with Crippen LogP contribution in [0.5, 0.6) is 0 Å². The van der Waals surface area contributed by atoms with Crippen LogP contribution in [0.15, 0.2) is 29.3 Å². The molecule has 0 atom stereocenters. The van der Waals surface area contributed by atoms with Crippen molar-refractivity contribution in [3.8, 4) is 0 Å². The fraction of sp³-hybridized carbons (Fsp3) is 0.500. The van der Waals surface area contributed by atoms with Crippen molar-refractivity contribution in [3.63, 3.8) is 0 Å². The minimum Gasteiger partial charge on any atom is -0.211 e. The minimum atomic E-state index is -0.463. The molecule has 2 heteroatoms. The van der Waals surface area contributed by atoms with Gasteiger partial charge in [0.05, 0.1) is 5.54 Å². The molecular formula is C14H21NO. The summed E-state index contributed by atoms with van der Waals surface area (Å²) in [6, 6.07) is 7.99. The van der Waals surface area contributed by atoms with E-state index in [-0.39, 0.29) is 0 Å². The summed E-state index contributed by atoms with van der Waals surface area (Å²) in [6.07, 6.45) is 2.85. The first kappa shape index (κ1) is 14.6. The zero-order valence-electron chi connectivity index (χ0n) is 10.9. The van der Waals surface area contributed by atoms with E-state index in [4.69, 9.17) is 0 Å². The molecular weight excluding hydrogens is 198 g/mol. The summed E-state index contributed by atoms with van der Waals surface area (Å²) < 4.78 is 0. The highest BCUT2D eigenvalue weighted by Crippen LogP contribution is 2.23. The molecule has 0 amide bonds. The van der Waals surface area contributed by atoms with Gasteiger partial charge in [0.2, 0.25) is 6.08 Å². The second-order valence-corrected chi connectivity index (χ2v) is 4.34. The molecule has 0 heterocycles. The fourth-order valence-electron chi connectivity index (χ4n) is 1.14. The third-order valence-corrected chi connectivity index (χ3v) is 2.08. The maximum atomic E-state index is 10.2. The van der Waals surface area contributed by atoms with Crippen molar-refractivity contribution < 1.29 is 4.79 Å². The van der Waals surface area contributed by atoms with Gasteiger partial charge in [-0.3, -0.25) is 0 Å². The molecule has 16 heavy (non-hydrogen) atoms. The molecule has 1 rings (SSSR count). The van der Waals surface area contributed by atoms with Crippen LogP contribution in [0.2, 0.25) is 0 Å². The highest BCUT2D eigenvalue weighted by atomic mass is 16.1. The number of benzene rings is 1. The highest BCUT2D eigenvalue weighted by Gasteiger charge is 2.18. The molecule has 2 nitrogen and oxygen atoms in total. The van der Waals surface area contributed by atoms with E-state index in [1.807, 2.05) is 45.0 Å². The molecule has 0 fully saturated rings. The lowest BCUT2D eigenvalue weighted by Gasteiger charge is -2.17. The van der Waals surface area contributed by atoms with Gasteiger partial charge in [-0.25, -0.2) is 4.79 Å². The van der Waals surface area contributed by atoms with E-state index in [1.165, 1.54) is 12.0 Å². The van der Waals surface area contributed by atoms with Crippen LogP contribution in [0.1, 0.15) is 45.2 Å². The van der Waals surface area contributed by atoms with Crippen molar-refractivity contribution in [3.05, 3.63) is 35.4 Å². The molecule has 88 valence electrons. The largest absolute Gasteiger partial charge is 0.235 e. The van der Waals surface area contributed by atoms with Crippen LogP contribution < -0.4 is 0 Å². The second-order valence-electron chi connectivity index (χ2n) is 4.34. The fourth-order valence-corrected chi connectivity index (χ4v) is 1.14. The van der Waals surface area contributed by atoms with Crippen LogP contribution in [0.25, 0.3) is 0 Å². The van der Waals surface area contributed by atoms with Gasteiger partial charge in [0, 0.05) is 0 Å². The molecule has 0 bridgehead atoms. The van der Waals surface area contributed by atoms with Crippen molar-refractivity contribution in [1.29, 1.82) is 0 Å². The van der Waals surface area contributed by atoms with Gasteiger partial charge in [-0.1, -0.05) is 50.1 Å². The average Bonchev–Trinajstić information content (AvgIpc) is 2.19. The Bertz CT molecular complexity index is 346. The Morgan fingerprint density at radius 3 is 2.00 bits per heavy atom. The summed E-state index contributed by atoms with van der Waals surface area (Å²) in [5.41, 5.74) is 1.77. The van der Waals surface area contributed by atoms with Crippen molar-refractivity contribution >= 4 is 6.08 Å². The van der Waals surface area contributed by atoms with Gasteiger partial charge in [-0.05, 0) is 26.3 Å². The molecule has 0 aliphatic rings. The zero-order valence-corrected chi connectivity index (χ0v) is 10.9. The molecule has 0 spiro atoms. The van der Waals surface area contributed by atoms with Crippen molar-refractivity contribution in [2.75, 3.05) is 0 Å². The van der Waals surface area contributed by atoms with E-state index >= 15 is 0 Å². The number of hydrogen-bond donors (Lipinski definition) is 0. The molecule has 0 radical (unpaired) electrons. The van der Waals surface area contributed by atoms with Gasteiger partial charge >= 0.3 is 0 Å². The van der Waals surface area contributed by atoms with Gasteiger partial charge < -0.3 is 0 Å². The number of rotatable bonds is 2. The Hall–Kier alpha value is -1.40. The van der Waals surface area contributed by atoms with Gasteiger partial charge in [0.15, 0.2) is 0 Å². The predicted octanol–water partition coefficient (Wildman–Crippen LogP) is 3.98. The van der Waals surface area contributed by atoms with Crippen LogP contribution in [0.4, 0.5) is 0 Å². The molecule has 0 saturated carbocycles. The maximum Gasteiger partial charge on any atom is 0.235 e. The summed E-state index contributed by atoms with van der Waals surface area (Å²) in [5, 5.41) is 0. The van der Waals surface area contributed by atoms with Crippen molar-refractivity contribution in [2.24, 2.45) is 4.99 Å². The number of aliphatic imine (C=N–C) groups is 1. The van der Waals surface area contributed by atoms with Gasteiger partial charge in [0.25, 0.3) is 0 Å². The topological polar surface area (TPSA) is 29.4 Å². The quantitative estimate of drug-likeness (QED) is 0.546. The molecule has 1 aromatic rings. The number of carbonyl (C=O) groups excluding carboxylic acids is 1. The maximum absolute atomic E-state index is 10.2. The normalized spacial score (nSPS) is 9.81. The highest BCUT2D eigenvalue weighted by molar-refractivity contribution is 5.37. The van der Waals surface area contributed by atoms with E-state index in [0.29, 0.717) is 0 Å². The Balaban J connectivity index is 0.000000673. The molecule has 0 aliphatic heterocycles. The standard InChI is InChI=1S/C11H13NO.C3H8/c1-9-4-6-10(7-5-9)11(2,3)12-8-13;1-3-2/h4-7H,1-3H3;3H2,1-2H3. The minimum absolute atomic E-state index is 0.463. The summed E-state index contributed by atoms with van der Waals surface area (Å²) in [5.74, 6) is 0. The molecule has 0 aromatic heterocycles. The molecule has 0 N–H and O–H groups in total. The molecule has 0 saturated heterocycles. The van der Waals surface area contributed by atoms with Gasteiger partial charge in [0.1, 0.15) is 0 Å². The second kappa shape index (κ2) is 6.97. The van der Waals surface area contributed by atoms with Crippen molar-refractivity contribution in [1.82, 2.24) is 0 Å². The van der Waals surface area contributed by atoms with Gasteiger partial charge in [-0.2, -0.15) is 4.99 Å². The lowest BCUT2D eigenvalue weighted by molar-refractivity contribution is 0.523. The van der Waals surface area contributed by atoms with Crippen LogP contribution in [-0.4, -0.2) is 6.08 Å². The smallest absolute Gasteiger partial charge is 0.211 e. The van der Waals surface area contributed by atoms with Crippen LogP contribution >= 0.6 is 0 Å². The number of nitrogens with zero attached hydrogens (tertiary/aromatic N) is 1. The first-order valence-electron chi connectivity index (χ1n) is 5.64. The van der Waals surface area contributed by atoms with Crippen LogP contribution in [-0.2, 0) is 10.3 Å². The zero-order chi connectivity index (χ0) is 12.6. The number of hydrogen-bond acceptors (Lipinski definition) is 2. The van der Waals surface area contributed by atoms with Gasteiger partial charge in [-0.15, -0.1) is 0 Å². The summed E-state index contributed by atoms with van der Waals surface area (Å²) in [6.45, 7) is 10.1. The Morgan fingerprint density at radius 2 is 1.62 bits per heavy atom. The van der Waals surface area contributed by atoms with Crippen LogP contribution in [0, 0.1) is 6.92 Å². The summed E-state index contributed by atoms with van der Waals surface area (Å²) in [4.78, 5) is 13.9. The SMILES string of the molecule is CCC.Cc1ccc(C(C)(C)N=C=O)cc1. The molecule has 0 aliphatic carbocycles. The number of aryl methyl sites for hydroxylation is 1. The lowest BCUT2D eigenvalue weighted by Crippen LogP contribution is -2.12. The Kier molecular flexibility index (Phi) is 6.36. The summed E-state index contributed by atoms with van der Waals surface area (Å²) in [7, 11) is 0. The van der Waals surface area contributed by atoms with Crippen LogP contribution in [0.3, 0.4) is 0 Å². The number of isocyanates is 1. The molecule has 0 unspecified atom stereocenters. The average molecular weight is 219 g/mol. The first-order valence-corrected chi connectivity index (χ1v) is 5.64. The molecule has 1 aromatic carbocycles. The Morgan fingerprint density at radius 1 is 1.19 bits per heavy atom. The van der Waals surface area contributed by atoms with Crippen molar-refractivity contribution in [2.45, 2.75) is 46.6 Å².